The van der Waals surface area contributed by atoms with Crippen molar-refractivity contribution < 1.29 is 9.84 Å². The number of rotatable bonds is 5. The van der Waals surface area contributed by atoms with Gasteiger partial charge in [0.1, 0.15) is 0 Å². The minimum atomic E-state index is -0.100. The number of hydrogen-bond acceptors (Lipinski definition) is 3. The first-order chi connectivity index (χ1) is 8.53. The molecule has 0 unspecified atom stereocenters. The zero-order chi connectivity index (χ0) is 13.2. The van der Waals surface area contributed by atoms with Crippen LogP contribution in [0.25, 0.3) is 0 Å². The number of hydrogen-bond donors (Lipinski definition) is 1. The van der Waals surface area contributed by atoms with E-state index in [1.807, 2.05) is 19.2 Å². The van der Waals surface area contributed by atoms with Crippen LogP contribution in [0.4, 0.5) is 0 Å². The molecule has 0 atom stereocenters. The van der Waals surface area contributed by atoms with Gasteiger partial charge < -0.3 is 14.7 Å². The SMILES string of the molecule is CN(Cc1cc(Cl)cc(Cl)c1)CC1(CO)COC1. The minimum absolute atomic E-state index is 0.100. The highest BCUT2D eigenvalue weighted by Crippen LogP contribution is 2.28. The molecular weight excluding hydrogens is 273 g/mol. The highest BCUT2D eigenvalue weighted by molar-refractivity contribution is 6.34. The summed E-state index contributed by atoms with van der Waals surface area (Å²) >= 11 is 11.9. The van der Waals surface area contributed by atoms with Crippen LogP contribution in [-0.4, -0.2) is 43.4 Å². The van der Waals surface area contributed by atoms with Crippen LogP contribution < -0.4 is 0 Å². The Labute approximate surface area is 117 Å². The van der Waals surface area contributed by atoms with Crippen molar-refractivity contribution >= 4 is 23.2 Å². The van der Waals surface area contributed by atoms with Crippen LogP contribution in [0, 0.1) is 5.41 Å². The molecule has 1 heterocycles. The Hall–Kier alpha value is -0.320. The third-order valence-corrected chi connectivity index (χ3v) is 3.57. The molecule has 100 valence electrons. The molecule has 0 amide bonds. The molecule has 1 fully saturated rings. The molecular formula is C13H17Cl2NO2. The lowest BCUT2D eigenvalue weighted by Gasteiger charge is -2.42. The van der Waals surface area contributed by atoms with Crippen LogP contribution in [-0.2, 0) is 11.3 Å². The predicted molar refractivity (Wildman–Crippen MR) is 73.1 cm³/mol. The van der Waals surface area contributed by atoms with E-state index < -0.39 is 0 Å². The van der Waals surface area contributed by atoms with Crippen molar-refractivity contribution in [2.75, 3.05) is 33.4 Å². The fraction of sp³-hybridized carbons (Fsp3) is 0.538. The van der Waals surface area contributed by atoms with E-state index in [4.69, 9.17) is 27.9 Å². The molecule has 0 saturated carbocycles. The van der Waals surface area contributed by atoms with Gasteiger partial charge in [-0.15, -0.1) is 0 Å². The molecule has 0 bridgehead atoms. The van der Waals surface area contributed by atoms with Crippen molar-refractivity contribution in [3.8, 4) is 0 Å². The van der Waals surface area contributed by atoms with Crippen molar-refractivity contribution in [3.63, 3.8) is 0 Å². The van der Waals surface area contributed by atoms with Gasteiger partial charge in [-0.1, -0.05) is 23.2 Å². The van der Waals surface area contributed by atoms with E-state index in [-0.39, 0.29) is 12.0 Å². The van der Waals surface area contributed by atoms with Crippen molar-refractivity contribution in [2.45, 2.75) is 6.54 Å². The molecule has 18 heavy (non-hydrogen) atoms. The summed E-state index contributed by atoms with van der Waals surface area (Å²) < 4.78 is 5.19. The van der Waals surface area contributed by atoms with Gasteiger partial charge in [-0.25, -0.2) is 0 Å². The molecule has 5 heteroatoms. The summed E-state index contributed by atoms with van der Waals surface area (Å²) in [6.07, 6.45) is 0. The molecule has 0 spiro atoms. The Morgan fingerprint density at radius 2 is 1.89 bits per heavy atom. The van der Waals surface area contributed by atoms with Crippen LogP contribution >= 0.6 is 23.2 Å². The average molecular weight is 290 g/mol. The maximum atomic E-state index is 9.39. The topological polar surface area (TPSA) is 32.7 Å². The molecule has 0 aromatic heterocycles. The number of nitrogens with zero attached hydrogens (tertiary/aromatic N) is 1. The van der Waals surface area contributed by atoms with Gasteiger partial charge in [-0.05, 0) is 30.8 Å². The summed E-state index contributed by atoms with van der Waals surface area (Å²) in [4.78, 5) is 2.15. The van der Waals surface area contributed by atoms with E-state index in [0.29, 0.717) is 23.3 Å². The lowest BCUT2D eigenvalue weighted by Crippen LogP contribution is -2.52. The minimum Gasteiger partial charge on any atom is -0.396 e. The van der Waals surface area contributed by atoms with Crippen LogP contribution in [0.15, 0.2) is 18.2 Å². The largest absolute Gasteiger partial charge is 0.396 e. The molecule has 1 aromatic rings. The summed E-state index contributed by atoms with van der Waals surface area (Å²) in [6, 6.07) is 5.54. The molecule has 0 aliphatic carbocycles. The van der Waals surface area contributed by atoms with Crippen molar-refractivity contribution in [1.29, 1.82) is 0 Å². The van der Waals surface area contributed by atoms with Gasteiger partial charge in [-0.2, -0.15) is 0 Å². The van der Waals surface area contributed by atoms with Crippen LogP contribution in [0.5, 0.6) is 0 Å². The normalized spacial score (nSPS) is 17.8. The summed E-state index contributed by atoms with van der Waals surface area (Å²) in [7, 11) is 2.02. The zero-order valence-electron chi connectivity index (χ0n) is 10.3. The van der Waals surface area contributed by atoms with E-state index in [9.17, 15) is 5.11 Å². The second kappa shape index (κ2) is 5.76. The van der Waals surface area contributed by atoms with Gasteiger partial charge in [-0.3, -0.25) is 0 Å². The Balaban J connectivity index is 1.96. The molecule has 1 aromatic carbocycles. The van der Waals surface area contributed by atoms with Gasteiger partial charge in [0.15, 0.2) is 0 Å². The van der Waals surface area contributed by atoms with Crippen LogP contribution in [0.3, 0.4) is 0 Å². The Bertz CT molecular complexity index is 396. The average Bonchev–Trinajstić information content (AvgIpc) is 2.21. The quantitative estimate of drug-likeness (QED) is 0.904. The maximum Gasteiger partial charge on any atom is 0.0579 e. The van der Waals surface area contributed by atoms with Crippen molar-refractivity contribution in [2.24, 2.45) is 5.41 Å². The fourth-order valence-electron chi connectivity index (χ4n) is 2.27. The number of aliphatic hydroxyl groups is 1. The second-order valence-corrected chi connectivity index (χ2v) is 5.97. The highest BCUT2D eigenvalue weighted by Gasteiger charge is 2.38. The Kier molecular flexibility index (Phi) is 4.51. The molecule has 1 aliphatic heterocycles. The molecule has 1 aliphatic rings. The van der Waals surface area contributed by atoms with Crippen molar-refractivity contribution in [1.82, 2.24) is 4.90 Å². The Morgan fingerprint density at radius 1 is 1.28 bits per heavy atom. The van der Waals surface area contributed by atoms with Gasteiger partial charge in [0.25, 0.3) is 0 Å². The van der Waals surface area contributed by atoms with Crippen molar-refractivity contribution in [3.05, 3.63) is 33.8 Å². The standard InChI is InChI=1S/C13H17Cl2NO2/c1-16(6-13(7-17)8-18-9-13)5-10-2-11(14)4-12(15)3-10/h2-4,17H,5-9H2,1H3. The van der Waals surface area contributed by atoms with E-state index in [1.54, 1.807) is 6.07 Å². The Morgan fingerprint density at radius 3 is 2.33 bits per heavy atom. The first-order valence-corrected chi connectivity index (χ1v) is 6.61. The smallest absolute Gasteiger partial charge is 0.0579 e. The van der Waals surface area contributed by atoms with Gasteiger partial charge >= 0.3 is 0 Å². The zero-order valence-corrected chi connectivity index (χ0v) is 11.8. The lowest BCUT2D eigenvalue weighted by atomic mass is 9.86. The third-order valence-electron chi connectivity index (χ3n) is 3.13. The van der Waals surface area contributed by atoms with Gasteiger partial charge in [0, 0.05) is 23.1 Å². The number of benzene rings is 1. The first-order valence-electron chi connectivity index (χ1n) is 5.85. The summed E-state index contributed by atoms with van der Waals surface area (Å²) in [5.41, 5.74) is 0.972. The van der Waals surface area contributed by atoms with Crippen LogP contribution in [0.2, 0.25) is 10.0 Å². The first kappa shape index (κ1) is 14.1. The number of ether oxygens (including phenoxy) is 1. The molecule has 1 saturated heterocycles. The predicted octanol–water partition coefficient (Wildman–Crippen LogP) is 2.43. The summed E-state index contributed by atoms with van der Waals surface area (Å²) in [5.74, 6) is 0. The van der Waals surface area contributed by atoms with E-state index in [0.717, 1.165) is 18.7 Å². The fourth-order valence-corrected chi connectivity index (χ4v) is 2.84. The molecule has 0 radical (unpaired) electrons. The molecule has 2 rings (SSSR count). The van der Waals surface area contributed by atoms with E-state index in [1.165, 1.54) is 0 Å². The third kappa shape index (κ3) is 3.37. The highest BCUT2D eigenvalue weighted by atomic mass is 35.5. The monoisotopic (exact) mass is 289 g/mol. The lowest BCUT2D eigenvalue weighted by molar-refractivity contribution is -0.147. The number of halogens is 2. The van der Waals surface area contributed by atoms with E-state index >= 15 is 0 Å². The molecule has 1 N–H and O–H groups in total. The number of aliphatic hydroxyl groups excluding tert-OH is 1. The maximum absolute atomic E-state index is 9.39. The summed E-state index contributed by atoms with van der Waals surface area (Å²) in [6.45, 7) is 2.97. The van der Waals surface area contributed by atoms with E-state index in [2.05, 4.69) is 4.90 Å². The molecule has 3 nitrogen and oxygen atoms in total. The van der Waals surface area contributed by atoms with Crippen LogP contribution in [0.1, 0.15) is 5.56 Å². The summed E-state index contributed by atoms with van der Waals surface area (Å²) in [5, 5.41) is 10.7. The second-order valence-electron chi connectivity index (χ2n) is 5.10. The van der Waals surface area contributed by atoms with Gasteiger partial charge in [0.2, 0.25) is 0 Å². The van der Waals surface area contributed by atoms with Gasteiger partial charge in [0.05, 0.1) is 25.2 Å².